The van der Waals surface area contributed by atoms with Gasteiger partial charge in [0.25, 0.3) is 0 Å². The minimum absolute atomic E-state index is 0.0445. The summed E-state index contributed by atoms with van der Waals surface area (Å²) in [6, 6.07) is 45.6. The molecule has 0 amide bonds. The topological polar surface area (TPSA) is 236 Å². The molecule has 0 spiro atoms. The number of imidazole rings is 5. The lowest BCUT2D eigenvalue weighted by molar-refractivity contribution is -0.0337. The maximum absolute atomic E-state index is 13.6. The minimum Gasteiger partial charge on any atom is -0.365 e. The summed E-state index contributed by atoms with van der Waals surface area (Å²) in [4.78, 5) is 20.9. The number of ether oxygens (including phenoxy) is 3. The zero-order valence-corrected chi connectivity index (χ0v) is 49.8. The van der Waals surface area contributed by atoms with Crippen LogP contribution in [0, 0.1) is 62.5 Å². The summed E-state index contributed by atoms with van der Waals surface area (Å²) in [5, 5.41) is 44.3. The number of aromatic nitrogens is 10. The Kier molecular flexibility index (Phi) is 18.5. The predicted molar refractivity (Wildman–Crippen MR) is 328 cm³/mol. The Morgan fingerprint density at radius 3 is 1.47 bits per heavy atom. The molecule has 10 heterocycles. The van der Waals surface area contributed by atoms with E-state index in [2.05, 4.69) is 74.4 Å². The number of hydrogen-bond acceptors (Lipinski definition) is 15. The molecule has 0 aliphatic carbocycles. The zero-order valence-electron chi connectivity index (χ0n) is 48.2. The highest BCUT2D eigenvalue weighted by Gasteiger charge is 2.37. The van der Waals surface area contributed by atoms with Gasteiger partial charge >= 0.3 is 0 Å². The molecule has 0 N–H and O–H groups in total. The Hall–Kier alpha value is -9.89. The van der Waals surface area contributed by atoms with Crippen molar-refractivity contribution in [3.05, 3.63) is 268 Å². The van der Waals surface area contributed by atoms with Crippen molar-refractivity contribution >= 4 is 23.5 Å². The molecule has 0 radical (unpaired) electrons. The third-order valence-corrected chi connectivity index (χ3v) is 18.6. The first-order valence-electron chi connectivity index (χ1n) is 28.4. The normalized spacial score (nSPS) is 19.9. The van der Waals surface area contributed by atoms with Gasteiger partial charge in [-0.2, -0.15) is 26.3 Å². The molecule has 10 aromatic rings. The highest BCUT2D eigenvalue weighted by molar-refractivity contribution is 8.00. The number of rotatable bonds is 5. The van der Waals surface area contributed by atoms with Crippen LogP contribution in [0.1, 0.15) is 115 Å². The van der Waals surface area contributed by atoms with Crippen molar-refractivity contribution in [2.45, 2.75) is 74.4 Å². The number of thioether (sulfide) groups is 2. The standard InChI is InChI=1S/C14H13N3O.C14H13N3S.C13H10FN3O.C13H11N3O.C13H11N3S/c2*1-14(12-4-2-11(8-15)3-5-12)13-9-16-10-17(13)6-7-18-14;14-11-5-9(1-2-10(11)6-15)13-12-7-16-8-17(12)3-4-18-13;2*14-7-10-1-3-11(4-2-10)13-12-8-15-9-16(12)5-6-17-13/h2*2-5,9-10H,6-7H2,1H3;1-2,5,7-8,13H,3-4H2;2*1-4,8-9,13H,5-6H2. The molecule has 0 fully saturated rings. The van der Waals surface area contributed by atoms with Crippen LogP contribution in [0.2, 0.25) is 0 Å². The molecule has 438 valence electrons. The number of halogens is 1. The molecular weight excluding hydrogens is 1150 g/mol. The van der Waals surface area contributed by atoms with E-state index in [4.69, 9.17) is 40.5 Å². The van der Waals surface area contributed by atoms with E-state index in [9.17, 15) is 4.39 Å². The number of benzene rings is 5. The van der Waals surface area contributed by atoms with Crippen LogP contribution < -0.4 is 0 Å². The molecule has 5 unspecified atom stereocenters. The molecule has 0 saturated heterocycles. The Morgan fingerprint density at radius 1 is 0.466 bits per heavy atom. The van der Waals surface area contributed by atoms with Crippen LogP contribution in [0.4, 0.5) is 4.39 Å². The molecule has 5 atom stereocenters. The van der Waals surface area contributed by atoms with E-state index in [-0.39, 0.29) is 22.5 Å². The lowest BCUT2D eigenvalue weighted by Crippen LogP contribution is -2.36. The number of nitriles is 5. The summed E-state index contributed by atoms with van der Waals surface area (Å²) in [5.74, 6) is 1.67. The van der Waals surface area contributed by atoms with Gasteiger partial charge < -0.3 is 37.0 Å². The van der Waals surface area contributed by atoms with Crippen molar-refractivity contribution in [2.24, 2.45) is 0 Å². The summed E-state index contributed by atoms with van der Waals surface area (Å²) >= 11 is 3.87. The van der Waals surface area contributed by atoms with E-state index in [1.165, 1.54) is 34.6 Å². The molecule has 0 bridgehead atoms. The van der Waals surface area contributed by atoms with Crippen molar-refractivity contribution in [2.75, 3.05) is 31.3 Å². The molecule has 88 heavy (non-hydrogen) atoms. The zero-order chi connectivity index (χ0) is 61.0. The van der Waals surface area contributed by atoms with Crippen molar-refractivity contribution in [3.8, 4) is 30.3 Å². The van der Waals surface area contributed by atoms with Gasteiger partial charge in [0.1, 0.15) is 29.7 Å². The van der Waals surface area contributed by atoms with Crippen LogP contribution in [0.3, 0.4) is 0 Å². The minimum atomic E-state index is -0.518. The van der Waals surface area contributed by atoms with Crippen LogP contribution in [-0.2, 0) is 57.3 Å². The van der Waals surface area contributed by atoms with Crippen LogP contribution in [0.15, 0.2) is 178 Å². The maximum Gasteiger partial charge on any atom is 0.141 e. The summed E-state index contributed by atoms with van der Waals surface area (Å²) < 4.78 is 41.6. The van der Waals surface area contributed by atoms with Gasteiger partial charge in [-0.1, -0.05) is 54.6 Å². The fourth-order valence-electron chi connectivity index (χ4n) is 11.1. The summed E-state index contributed by atoms with van der Waals surface area (Å²) in [7, 11) is 0. The lowest BCUT2D eigenvalue weighted by Gasteiger charge is -2.35. The van der Waals surface area contributed by atoms with Crippen molar-refractivity contribution in [1.29, 1.82) is 26.3 Å². The van der Waals surface area contributed by atoms with E-state index in [1.54, 1.807) is 24.7 Å². The second kappa shape index (κ2) is 27.2. The van der Waals surface area contributed by atoms with Crippen LogP contribution >= 0.6 is 23.5 Å². The first-order chi connectivity index (χ1) is 43.0. The molecule has 21 heteroatoms. The molecule has 5 aliphatic heterocycles. The van der Waals surface area contributed by atoms with Crippen LogP contribution in [0.25, 0.3) is 0 Å². The summed E-state index contributed by atoms with van der Waals surface area (Å²) in [5.41, 5.74) is 13.1. The third-order valence-electron chi connectivity index (χ3n) is 16.0. The molecule has 5 aromatic carbocycles. The highest BCUT2D eigenvalue weighted by Crippen LogP contribution is 2.45. The van der Waals surface area contributed by atoms with Crippen molar-refractivity contribution in [1.82, 2.24) is 47.8 Å². The van der Waals surface area contributed by atoms with Crippen molar-refractivity contribution in [3.63, 3.8) is 0 Å². The van der Waals surface area contributed by atoms with Gasteiger partial charge in [-0.05, 0) is 102 Å². The molecule has 0 saturated carbocycles. The summed E-state index contributed by atoms with van der Waals surface area (Å²) in [6.45, 7) is 10.7. The average molecular weight is 1200 g/mol. The number of fused-ring (bicyclic) bond motifs is 5. The van der Waals surface area contributed by atoms with E-state index >= 15 is 0 Å². The highest BCUT2D eigenvalue weighted by atomic mass is 32.2. The number of nitrogens with zero attached hydrogens (tertiary/aromatic N) is 15. The molecule has 5 aliphatic rings. The maximum atomic E-state index is 13.6. The van der Waals surface area contributed by atoms with E-state index in [0.717, 1.165) is 72.4 Å². The Morgan fingerprint density at radius 2 is 0.909 bits per heavy atom. The van der Waals surface area contributed by atoms with Gasteiger partial charge in [-0.15, -0.1) is 23.5 Å². The van der Waals surface area contributed by atoms with Gasteiger partial charge in [0.2, 0.25) is 0 Å². The Bertz CT molecular complexity index is 4040. The predicted octanol–water partition coefficient (Wildman–Crippen LogP) is 11.3. The molecule has 15 rings (SSSR count). The first-order valence-corrected chi connectivity index (χ1v) is 30.4. The Balaban J connectivity index is 0.000000114. The SMILES string of the molecule is CC1(c2ccc(C#N)cc2)OCCn2cncc21.CC1(c2ccc(C#N)cc2)SCCn2cncc21.N#Cc1ccc(C2OCCn3cncc32)cc1.N#Cc1ccc(C2OCCn3cncc32)cc1F.N#Cc1ccc(C2SCCn3cncc32)cc1. The van der Waals surface area contributed by atoms with Crippen molar-refractivity contribution < 1.29 is 18.6 Å². The first kappa shape index (κ1) is 59.8. The van der Waals surface area contributed by atoms with E-state index in [0.29, 0.717) is 52.9 Å². The van der Waals surface area contributed by atoms with Gasteiger partial charge in [0.15, 0.2) is 0 Å². The van der Waals surface area contributed by atoms with Gasteiger partial charge in [-0.3, -0.25) is 0 Å². The van der Waals surface area contributed by atoms with Gasteiger partial charge in [-0.25, -0.2) is 29.3 Å². The van der Waals surface area contributed by atoms with Gasteiger partial charge in [0.05, 0.1) is 161 Å². The molecular formula is C67H58FN15O3S2. The second-order valence-corrected chi connectivity index (χ2v) is 23.9. The quantitative estimate of drug-likeness (QED) is 0.156. The average Bonchev–Trinajstić information content (AvgIpc) is 2.20. The van der Waals surface area contributed by atoms with E-state index in [1.807, 2.05) is 182 Å². The monoisotopic (exact) mass is 1200 g/mol. The Labute approximate surface area is 517 Å². The second-order valence-electron chi connectivity index (χ2n) is 21.2. The van der Waals surface area contributed by atoms with Gasteiger partial charge in [0, 0.05) is 56.6 Å². The summed E-state index contributed by atoms with van der Waals surface area (Å²) in [6.07, 6.45) is 18.1. The molecule has 5 aromatic heterocycles. The van der Waals surface area contributed by atoms with E-state index < -0.39 is 11.4 Å². The number of aryl methyl sites for hydroxylation is 2. The fraction of sp³-hybridized carbons (Fsp3) is 0.254. The molecule has 18 nitrogen and oxygen atoms in total. The smallest absolute Gasteiger partial charge is 0.141 e. The lowest BCUT2D eigenvalue weighted by atomic mass is 9.91. The number of hydrogen-bond donors (Lipinski definition) is 0. The van der Waals surface area contributed by atoms with Crippen LogP contribution in [-0.4, -0.2) is 79.1 Å². The third kappa shape index (κ3) is 12.8. The largest absolute Gasteiger partial charge is 0.365 e. The fourth-order valence-corrected chi connectivity index (χ4v) is 13.7. The van der Waals surface area contributed by atoms with Crippen LogP contribution in [0.5, 0.6) is 0 Å².